The molecule has 2 aromatic carbocycles. The average Bonchev–Trinajstić information content (AvgIpc) is 3.29. The third-order valence-corrected chi connectivity index (χ3v) is 5.69. The van der Waals surface area contributed by atoms with Gasteiger partial charge in [0, 0.05) is 43.4 Å². The Morgan fingerprint density at radius 1 is 1.00 bits per heavy atom. The molecule has 168 valence electrons. The van der Waals surface area contributed by atoms with Crippen LogP contribution < -0.4 is 5.32 Å². The number of morpholine rings is 1. The summed E-state index contributed by atoms with van der Waals surface area (Å²) >= 11 is 0. The second kappa shape index (κ2) is 9.48. The summed E-state index contributed by atoms with van der Waals surface area (Å²) < 4.78 is 20.6. The van der Waals surface area contributed by atoms with Gasteiger partial charge in [0.25, 0.3) is 5.91 Å². The molecular weight excluding hydrogens is 421 g/mol. The van der Waals surface area contributed by atoms with Gasteiger partial charge >= 0.3 is 0 Å². The van der Waals surface area contributed by atoms with E-state index in [9.17, 15) is 9.18 Å². The summed E-state index contributed by atoms with van der Waals surface area (Å²) in [7, 11) is 0. The van der Waals surface area contributed by atoms with Crippen LogP contribution in [0.2, 0.25) is 0 Å². The first-order valence-electron chi connectivity index (χ1n) is 11.0. The lowest BCUT2D eigenvalue weighted by molar-refractivity contribution is 0.0383. The zero-order valence-corrected chi connectivity index (χ0v) is 18.1. The maximum Gasteiger partial charge on any atom is 0.270 e. The molecule has 0 spiro atoms. The van der Waals surface area contributed by atoms with Gasteiger partial charge in [0.15, 0.2) is 5.65 Å². The molecule has 2 aromatic heterocycles. The van der Waals surface area contributed by atoms with Crippen molar-refractivity contribution in [2.75, 3.05) is 39.4 Å². The fourth-order valence-electron chi connectivity index (χ4n) is 3.91. The Bertz CT molecular complexity index is 1250. The fourth-order valence-corrected chi connectivity index (χ4v) is 3.91. The molecule has 7 nitrogen and oxygen atoms in total. The van der Waals surface area contributed by atoms with Gasteiger partial charge in [-0.25, -0.2) is 13.9 Å². The summed E-state index contributed by atoms with van der Waals surface area (Å²) in [5.41, 5.74) is 3.95. The van der Waals surface area contributed by atoms with E-state index in [4.69, 9.17) is 9.84 Å². The average molecular weight is 445 g/mol. The van der Waals surface area contributed by atoms with Crippen LogP contribution in [0.4, 0.5) is 4.39 Å². The zero-order valence-electron chi connectivity index (χ0n) is 18.1. The quantitative estimate of drug-likeness (QED) is 0.493. The first-order valence-corrected chi connectivity index (χ1v) is 11.0. The smallest absolute Gasteiger partial charge is 0.270 e. The van der Waals surface area contributed by atoms with Crippen molar-refractivity contribution in [1.29, 1.82) is 0 Å². The number of carbonyl (C=O) groups excluding carboxylic acids is 1. The van der Waals surface area contributed by atoms with E-state index in [1.165, 1.54) is 12.1 Å². The van der Waals surface area contributed by atoms with Gasteiger partial charge in [-0.2, -0.15) is 5.10 Å². The number of benzene rings is 2. The van der Waals surface area contributed by atoms with Crippen LogP contribution in [0.25, 0.3) is 28.2 Å². The lowest BCUT2D eigenvalue weighted by Crippen LogP contribution is -2.41. The zero-order chi connectivity index (χ0) is 22.6. The summed E-state index contributed by atoms with van der Waals surface area (Å²) in [4.78, 5) is 19.8. The molecule has 0 unspecified atom stereocenters. The van der Waals surface area contributed by atoms with E-state index in [0.717, 1.165) is 49.7 Å². The molecule has 1 amide bonds. The molecule has 3 heterocycles. The van der Waals surface area contributed by atoms with Crippen molar-refractivity contribution >= 4 is 11.6 Å². The molecular formula is C25H24FN5O2. The van der Waals surface area contributed by atoms with E-state index < -0.39 is 0 Å². The molecule has 1 N–H and O–H groups in total. The number of hydrogen-bond acceptors (Lipinski definition) is 5. The van der Waals surface area contributed by atoms with E-state index in [2.05, 4.69) is 15.2 Å². The van der Waals surface area contributed by atoms with E-state index in [1.54, 1.807) is 22.7 Å². The maximum atomic E-state index is 13.5. The van der Waals surface area contributed by atoms with Crippen molar-refractivity contribution < 1.29 is 13.9 Å². The van der Waals surface area contributed by atoms with Crippen LogP contribution >= 0.6 is 0 Å². The number of aromatic nitrogens is 3. The highest BCUT2D eigenvalue weighted by Crippen LogP contribution is 2.25. The molecule has 1 saturated heterocycles. The van der Waals surface area contributed by atoms with Crippen LogP contribution in [-0.4, -0.2) is 64.8 Å². The summed E-state index contributed by atoms with van der Waals surface area (Å²) in [5.74, 6) is -0.577. The van der Waals surface area contributed by atoms with Crippen molar-refractivity contribution in [3.63, 3.8) is 0 Å². The number of amides is 1. The van der Waals surface area contributed by atoms with E-state index in [1.807, 2.05) is 36.4 Å². The van der Waals surface area contributed by atoms with E-state index >= 15 is 0 Å². The molecule has 33 heavy (non-hydrogen) atoms. The Labute approximate surface area is 190 Å². The molecule has 1 aliphatic heterocycles. The minimum absolute atomic E-state index is 0.253. The number of nitrogens with one attached hydrogen (secondary N) is 1. The molecule has 0 radical (unpaired) electrons. The molecule has 1 fully saturated rings. The lowest BCUT2D eigenvalue weighted by Gasteiger charge is -2.26. The van der Waals surface area contributed by atoms with Crippen LogP contribution in [0.15, 0.2) is 66.7 Å². The molecule has 0 bridgehead atoms. The second-order valence-corrected chi connectivity index (χ2v) is 7.91. The third-order valence-electron chi connectivity index (χ3n) is 5.69. The van der Waals surface area contributed by atoms with Crippen LogP contribution in [0.5, 0.6) is 0 Å². The number of fused-ring (bicyclic) bond motifs is 1. The SMILES string of the molecule is O=C(NCCN1CCOCC1)c1cc(-c2ccc(F)cc2)n2nc(-c3ccccc3)cc2n1. The first kappa shape index (κ1) is 21.2. The first-order chi connectivity index (χ1) is 16.2. The van der Waals surface area contributed by atoms with Crippen molar-refractivity contribution in [3.8, 4) is 22.5 Å². The van der Waals surface area contributed by atoms with Gasteiger partial charge in [0.1, 0.15) is 11.5 Å². The highest BCUT2D eigenvalue weighted by molar-refractivity contribution is 5.94. The van der Waals surface area contributed by atoms with Gasteiger partial charge in [-0.05, 0) is 30.3 Å². The van der Waals surface area contributed by atoms with Crippen molar-refractivity contribution in [1.82, 2.24) is 24.8 Å². The monoisotopic (exact) mass is 445 g/mol. The molecule has 8 heteroatoms. The third kappa shape index (κ3) is 4.76. The number of rotatable bonds is 6. The molecule has 0 saturated carbocycles. The van der Waals surface area contributed by atoms with Crippen molar-refractivity contribution in [3.05, 3.63) is 78.2 Å². The normalized spacial score (nSPS) is 14.5. The van der Waals surface area contributed by atoms with E-state index in [0.29, 0.717) is 23.6 Å². The summed E-state index contributed by atoms with van der Waals surface area (Å²) in [6.07, 6.45) is 0. The van der Waals surface area contributed by atoms with Crippen LogP contribution in [-0.2, 0) is 4.74 Å². The van der Waals surface area contributed by atoms with Crippen LogP contribution in [0.3, 0.4) is 0 Å². The van der Waals surface area contributed by atoms with Crippen LogP contribution in [0.1, 0.15) is 10.5 Å². The van der Waals surface area contributed by atoms with Gasteiger partial charge in [-0.1, -0.05) is 30.3 Å². The van der Waals surface area contributed by atoms with Crippen LogP contribution in [0, 0.1) is 5.82 Å². The summed E-state index contributed by atoms with van der Waals surface area (Å²) in [5, 5.41) is 7.68. The molecule has 5 rings (SSSR count). The van der Waals surface area contributed by atoms with Gasteiger partial charge in [-0.15, -0.1) is 0 Å². The Morgan fingerprint density at radius 2 is 1.76 bits per heavy atom. The summed E-state index contributed by atoms with van der Waals surface area (Å²) in [6, 6.07) is 19.5. The number of hydrogen-bond donors (Lipinski definition) is 1. The van der Waals surface area contributed by atoms with Gasteiger partial charge in [0.05, 0.1) is 24.6 Å². The highest BCUT2D eigenvalue weighted by Gasteiger charge is 2.17. The van der Waals surface area contributed by atoms with Gasteiger partial charge in [-0.3, -0.25) is 9.69 Å². The summed E-state index contributed by atoms with van der Waals surface area (Å²) in [6.45, 7) is 4.45. The maximum absolute atomic E-state index is 13.5. The minimum atomic E-state index is -0.324. The largest absolute Gasteiger partial charge is 0.379 e. The lowest BCUT2D eigenvalue weighted by atomic mass is 10.1. The number of carbonyl (C=O) groups is 1. The number of nitrogens with zero attached hydrogens (tertiary/aromatic N) is 4. The molecule has 0 atom stereocenters. The predicted molar refractivity (Wildman–Crippen MR) is 123 cm³/mol. The van der Waals surface area contributed by atoms with E-state index in [-0.39, 0.29) is 11.7 Å². The Hall–Kier alpha value is -3.62. The predicted octanol–water partition coefficient (Wildman–Crippen LogP) is 3.26. The fraction of sp³-hybridized carbons (Fsp3) is 0.240. The number of ether oxygens (including phenoxy) is 1. The molecule has 1 aliphatic rings. The van der Waals surface area contributed by atoms with Gasteiger partial charge in [0.2, 0.25) is 0 Å². The molecule has 4 aromatic rings. The Balaban J connectivity index is 1.46. The Morgan fingerprint density at radius 3 is 2.52 bits per heavy atom. The van der Waals surface area contributed by atoms with Gasteiger partial charge < -0.3 is 10.1 Å². The second-order valence-electron chi connectivity index (χ2n) is 7.91. The van der Waals surface area contributed by atoms with Crippen molar-refractivity contribution in [2.24, 2.45) is 0 Å². The standard InChI is InChI=1S/C25H24FN5O2/c26-20-8-6-19(7-9-20)23-16-22(25(32)27-10-11-30-12-14-33-15-13-30)28-24-17-21(29-31(23)24)18-4-2-1-3-5-18/h1-9,16-17H,10-15H2,(H,27,32). The van der Waals surface area contributed by atoms with Crippen molar-refractivity contribution in [2.45, 2.75) is 0 Å². The highest BCUT2D eigenvalue weighted by atomic mass is 19.1. The number of halogens is 1. The molecule has 0 aliphatic carbocycles. The Kier molecular flexibility index (Phi) is 6.10. The topological polar surface area (TPSA) is 71.8 Å². The minimum Gasteiger partial charge on any atom is -0.379 e.